The Morgan fingerprint density at radius 2 is 2.13 bits per heavy atom. The summed E-state index contributed by atoms with van der Waals surface area (Å²) in [5, 5.41) is 8.82. The van der Waals surface area contributed by atoms with Crippen molar-refractivity contribution in [3.63, 3.8) is 0 Å². The van der Waals surface area contributed by atoms with Gasteiger partial charge in [0.1, 0.15) is 11.8 Å². The molecule has 0 saturated carbocycles. The number of alkyl halides is 3. The number of pyridine rings is 1. The van der Waals surface area contributed by atoms with Gasteiger partial charge < -0.3 is 5.11 Å². The Morgan fingerprint density at radius 3 is 2.67 bits per heavy atom. The molecule has 1 aromatic heterocycles. The normalized spacial score (nSPS) is 12.9. The Hall–Kier alpha value is -1.54. The molecule has 15 heavy (non-hydrogen) atoms. The van der Waals surface area contributed by atoms with Crippen molar-refractivity contribution in [1.29, 1.82) is 0 Å². The summed E-state index contributed by atoms with van der Waals surface area (Å²) in [5.41, 5.74) is -1.26. The average Bonchev–Trinajstić information content (AvgIpc) is 2.13. The second-order valence-corrected chi connectivity index (χ2v) is 2.84. The number of hydrogen-bond donors (Lipinski definition) is 1. The molecule has 0 saturated heterocycles. The van der Waals surface area contributed by atoms with E-state index in [0.29, 0.717) is 0 Å². The van der Waals surface area contributed by atoms with E-state index >= 15 is 0 Å². The minimum atomic E-state index is -4.48. The van der Waals surface area contributed by atoms with Crippen LogP contribution in [0.2, 0.25) is 0 Å². The first-order valence-corrected chi connectivity index (χ1v) is 4.13. The minimum Gasteiger partial charge on any atom is -0.381 e. The number of halogens is 3. The van der Waals surface area contributed by atoms with Crippen LogP contribution in [-0.4, -0.2) is 16.2 Å². The van der Waals surface area contributed by atoms with E-state index in [9.17, 15) is 13.2 Å². The summed E-state index contributed by atoms with van der Waals surface area (Å²) >= 11 is 0. The van der Waals surface area contributed by atoms with Crippen molar-refractivity contribution in [2.45, 2.75) is 19.2 Å². The molecule has 0 spiro atoms. The molecule has 0 fully saturated rings. The molecule has 5 heteroatoms. The van der Waals surface area contributed by atoms with Gasteiger partial charge in [0.05, 0.1) is 5.56 Å². The minimum absolute atomic E-state index is 0.370. The molecule has 1 heterocycles. The second kappa shape index (κ2) is 4.32. The van der Waals surface area contributed by atoms with E-state index in [1.165, 1.54) is 19.2 Å². The van der Waals surface area contributed by atoms with Gasteiger partial charge in [0.2, 0.25) is 0 Å². The molecular weight excluding hydrogens is 207 g/mol. The summed E-state index contributed by atoms with van der Waals surface area (Å²) < 4.78 is 37.2. The Kier molecular flexibility index (Phi) is 3.32. The van der Waals surface area contributed by atoms with Gasteiger partial charge in [-0.25, -0.2) is 4.98 Å². The first-order chi connectivity index (χ1) is 6.91. The molecular formula is C10H8F3NO. The lowest BCUT2D eigenvalue weighted by atomic mass is 10.2. The molecule has 0 aromatic carbocycles. The predicted octanol–water partition coefficient (Wildman–Crippen LogP) is 1.83. The standard InChI is InChI=1S/C10H8F3NO/c1-7(15)4-5-9-8(10(11,12)13)3-2-6-14-9/h2-3,6-7,15H,1H3/t7-/m0/s1. The van der Waals surface area contributed by atoms with Crippen molar-refractivity contribution in [3.05, 3.63) is 29.6 Å². The number of aliphatic hydroxyl groups excluding tert-OH is 1. The summed E-state index contributed by atoms with van der Waals surface area (Å²) in [7, 11) is 0. The Labute approximate surface area is 84.8 Å². The fourth-order valence-electron chi connectivity index (χ4n) is 0.906. The van der Waals surface area contributed by atoms with E-state index in [2.05, 4.69) is 16.8 Å². The van der Waals surface area contributed by atoms with Crippen LogP contribution in [0.15, 0.2) is 18.3 Å². The number of aliphatic hydroxyl groups is 1. The summed E-state index contributed by atoms with van der Waals surface area (Å²) in [6.07, 6.45) is -4.23. The van der Waals surface area contributed by atoms with Crippen LogP contribution in [0.1, 0.15) is 18.2 Å². The van der Waals surface area contributed by atoms with Crippen molar-refractivity contribution in [1.82, 2.24) is 4.98 Å². The summed E-state index contributed by atoms with van der Waals surface area (Å²) in [5.74, 6) is 4.41. The van der Waals surface area contributed by atoms with E-state index in [1.54, 1.807) is 0 Å². The molecule has 80 valence electrons. The van der Waals surface area contributed by atoms with Crippen molar-refractivity contribution >= 4 is 0 Å². The van der Waals surface area contributed by atoms with Crippen LogP contribution >= 0.6 is 0 Å². The van der Waals surface area contributed by atoms with Crippen LogP contribution in [0.4, 0.5) is 13.2 Å². The lowest BCUT2D eigenvalue weighted by Gasteiger charge is -2.07. The molecule has 0 aliphatic carbocycles. The highest BCUT2D eigenvalue weighted by atomic mass is 19.4. The van der Waals surface area contributed by atoms with Crippen molar-refractivity contribution < 1.29 is 18.3 Å². The highest BCUT2D eigenvalue weighted by molar-refractivity contribution is 5.37. The third kappa shape index (κ3) is 3.26. The lowest BCUT2D eigenvalue weighted by Crippen LogP contribution is -2.09. The lowest BCUT2D eigenvalue weighted by molar-refractivity contribution is -0.138. The SMILES string of the molecule is C[C@H](O)C#Cc1ncccc1C(F)(F)F. The molecule has 0 unspecified atom stereocenters. The number of aromatic nitrogens is 1. The maximum absolute atomic E-state index is 12.4. The third-order valence-corrected chi connectivity index (χ3v) is 1.51. The fraction of sp³-hybridized carbons (Fsp3) is 0.300. The van der Waals surface area contributed by atoms with Gasteiger partial charge in [0.25, 0.3) is 0 Å². The van der Waals surface area contributed by atoms with Crippen LogP contribution < -0.4 is 0 Å². The van der Waals surface area contributed by atoms with Crippen LogP contribution in [-0.2, 0) is 6.18 Å². The summed E-state index contributed by atoms with van der Waals surface area (Å²) in [6, 6.07) is 2.09. The zero-order chi connectivity index (χ0) is 11.5. The maximum atomic E-state index is 12.4. The Balaban J connectivity index is 3.15. The van der Waals surface area contributed by atoms with Gasteiger partial charge in [-0.05, 0) is 25.0 Å². The van der Waals surface area contributed by atoms with Crippen LogP contribution in [0.3, 0.4) is 0 Å². The van der Waals surface area contributed by atoms with Gasteiger partial charge in [-0.1, -0.05) is 5.92 Å². The second-order valence-electron chi connectivity index (χ2n) is 2.84. The molecule has 1 rings (SSSR count). The Bertz CT molecular complexity index is 401. The van der Waals surface area contributed by atoms with E-state index in [4.69, 9.17) is 5.11 Å². The van der Waals surface area contributed by atoms with E-state index in [1.807, 2.05) is 0 Å². The number of hydrogen-bond acceptors (Lipinski definition) is 2. The first kappa shape index (κ1) is 11.5. The topological polar surface area (TPSA) is 33.1 Å². The molecule has 1 aromatic rings. The molecule has 0 radical (unpaired) electrons. The van der Waals surface area contributed by atoms with Gasteiger partial charge in [-0.3, -0.25) is 0 Å². The van der Waals surface area contributed by atoms with Gasteiger partial charge in [-0.15, -0.1) is 0 Å². The Morgan fingerprint density at radius 1 is 1.47 bits per heavy atom. The largest absolute Gasteiger partial charge is 0.419 e. The molecule has 1 atom stereocenters. The van der Waals surface area contributed by atoms with Crippen LogP contribution in [0.25, 0.3) is 0 Å². The van der Waals surface area contributed by atoms with Gasteiger partial charge in [-0.2, -0.15) is 13.2 Å². The van der Waals surface area contributed by atoms with Crippen molar-refractivity contribution in [2.75, 3.05) is 0 Å². The van der Waals surface area contributed by atoms with Gasteiger partial charge >= 0.3 is 6.18 Å². The van der Waals surface area contributed by atoms with Crippen molar-refractivity contribution in [2.24, 2.45) is 0 Å². The zero-order valence-corrected chi connectivity index (χ0v) is 7.84. The van der Waals surface area contributed by atoms with Crippen LogP contribution in [0, 0.1) is 11.8 Å². The van der Waals surface area contributed by atoms with Gasteiger partial charge in [0, 0.05) is 6.20 Å². The maximum Gasteiger partial charge on any atom is 0.419 e. The predicted molar refractivity (Wildman–Crippen MR) is 47.8 cm³/mol. The molecule has 2 nitrogen and oxygen atoms in total. The highest BCUT2D eigenvalue weighted by Crippen LogP contribution is 2.30. The molecule has 0 aliphatic heterocycles. The molecule has 0 amide bonds. The number of nitrogens with zero attached hydrogens (tertiary/aromatic N) is 1. The molecule has 0 bridgehead atoms. The average molecular weight is 215 g/mol. The molecule has 0 aliphatic rings. The fourth-order valence-corrected chi connectivity index (χ4v) is 0.906. The van der Waals surface area contributed by atoms with Crippen molar-refractivity contribution in [3.8, 4) is 11.8 Å². The third-order valence-electron chi connectivity index (χ3n) is 1.51. The number of rotatable bonds is 0. The van der Waals surface area contributed by atoms with E-state index < -0.39 is 17.8 Å². The molecule has 1 N–H and O–H groups in total. The van der Waals surface area contributed by atoms with Gasteiger partial charge in [0.15, 0.2) is 0 Å². The highest BCUT2D eigenvalue weighted by Gasteiger charge is 2.33. The zero-order valence-electron chi connectivity index (χ0n) is 7.84. The monoisotopic (exact) mass is 215 g/mol. The quantitative estimate of drug-likeness (QED) is 0.670. The summed E-state index contributed by atoms with van der Waals surface area (Å²) in [6.45, 7) is 1.36. The van der Waals surface area contributed by atoms with E-state index in [0.717, 1.165) is 6.07 Å². The smallest absolute Gasteiger partial charge is 0.381 e. The van der Waals surface area contributed by atoms with Crippen LogP contribution in [0.5, 0.6) is 0 Å². The van der Waals surface area contributed by atoms with E-state index in [-0.39, 0.29) is 5.69 Å². The summed E-state index contributed by atoms with van der Waals surface area (Å²) in [4.78, 5) is 3.51. The first-order valence-electron chi connectivity index (χ1n) is 4.13.